The van der Waals surface area contributed by atoms with Gasteiger partial charge in [-0.15, -0.1) is 0 Å². The second kappa shape index (κ2) is 10.4. The van der Waals surface area contributed by atoms with Crippen LogP contribution in [-0.4, -0.2) is 51.7 Å². The summed E-state index contributed by atoms with van der Waals surface area (Å²) in [6, 6.07) is 13.3. The highest BCUT2D eigenvalue weighted by atomic mass is 19.1. The van der Waals surface area contributed by atoms with Crippen molar-refractivity contribution in [1.82, 2.24) is 14.7 Å². The fourth-order valence-electron chi connectivity index (χ4n) is 3.88. The number of halogens is 2. The third-order valence-electron chi connectivity index (χ3n) is 5.62. The molecule has 33 heavy (non-hydrogen) atoms. The standard InChI is InChI=1S/C25H29F2N3O3/c1-3-32-16-20(31)14-30(19-10-11-19)15-21-24(17-7-5-4-6-8-17)28-29(2)25(21)33-23-12-9-18(26)13-22(23)27/h4-9,12-13,19-20,31H,3,10-11,14-16H2,1-2H3. The summed E-state index contributed by atoms with van der Waals surface area (Å²) in [7, 11) is 1.73. The molecule has 0 bridgehead atoms. The van der Waals surface area contributed by atoms with Gasteiger partial charge in [0.25, 0.3) is 0 Å². The molecule has 4 rings (SSSR count). The number of hydrogen-bond acceptors (Lipinski definition) is 5. The zero-order chi connectivity index (χ0) is 23.4. The molecule has 6 nitrogen and oxygen atoms in total. The average molecular weight is 458 g/mol. The Morgan fingerprint density at radius 1 is 1.18 bits per heavy atom. The molecule has 0 radical (unpaired) electrons. The number of benzene rings is 2. The highest BCUT2D eigenvalue weighted by Gasteiger charge is 2.33. The molecule has 1 fully saturated rings. The fourth-order valence-corrected chi connectivity index (χ4v) is 3.88. The second-order valence-corrected chi connectivity index (χ2v) is 8.27. The molecule has 2 aromatic carbocycles. The van der Waals surface area contributed by atoms with Gasteiger partial charge in [-0.05, 0) is 31.9 Å². The van der Waals surface area contributed by atoms with E-state index in [1.54, 1.807) is 11.7 Å². The minimum atomic E-state index is -0.783. The number of hydrogen-bond donors (Lipinski definition) is 1. The van der Waals surface area contributed by atoms with Gasteiger partial charge < -0.3 is 14.6 Å². The van der Waals surface area contributed by atoms with Gasteiger partial charge in [0, 0.05) is 44.4 Å². The van der Waals surface area contributed by atoms with Gasteiger partial charge in [-0.3, -0.25) is 4.90 Å². The monoisotopic (exact) mass is 457 g/mol. The van der Waals surface area contributed by atoms with Gasteiger partial charge in [0.2, 0.25) is 5.88 Å². The molecule has 1 unspecified atom stereocenters. The van der Waals surface area contributed by atoms with E-state index in [1.165, 1.54) is 6.07 Å². The molecule has 1 saturated carbocycles. The van der Waals surface area contributed by atoms with Crippen molar-refractivity contribution in [3.63, 3.8) is 0 Å². The summed E-state index contributed by atoms with van der Waals surface area (Å²) in [5.74, 6) is -1.15. The van der Waals surface area contributed by atoms with Crippen LogP contribution < -0.4 is 4.74 Å². The zero-order valence-corrected chi connectivity index (χ0v) is 18.9. The van der Waals surface area contributed by atoms with Crippen LogP contribution in [0.1, 0.15) is 25.3 Å². The number of nitrogens with zero attached hydrogens (tertiary/aromatic N) is 3. The van der Waals surface area contributed by atoms with E-state index >= 15 is 0 Å². The first kappa shape index (κ1) is 23.4. The number of aliphatic hydroxyl groups is 1. The molecule has 1 N–H and O–H groups in total. The Labute approximate surface area is 192 Å². The van der Waals surface area contributed by atoms with E-state index in [2.05, 4.69) is 10.00 Å². The van der Waals surface area contributed by atoms with Gasteiger partial charge >= 0.3 is 0 Å². The first-order valence-electron chi connectivity index (χ1n) is 11.2. The maximum Gasteiger partial charge on any atom is 0.222 e. The lowest BCUT2D eigenvalue weighted by atomic mass is 10.1. The van der Waals surface area contributed by atoms with Crippen LogP contribution in [0.4, 0.5) is 8.78 Å². The van der Waals surface area contributed by atoms with Crippen molar-refractivity contribution in [1.29, 1.82) is 0 Å². The number of rotatable bonds is 11. The SMILES string of the molecule is CCOCC(O)CN(Cc1c(-c2ccccc2)nn(C)c1Oc1ccc(F)cc1F)C1CC1. The van der Waals surface area contributed by atoms with E-state index in [0.29, 0.717) is 31.6 Å². The topological polar surface area (TPSA) is 59.8 Å². The number of aliphatic hydroxyl groups excluding tert-OH is 1. The van der Waals surface area contributed by atoms with Gasteiger partial charge in [0.05, 0.1) is 18.3 Å². The lowest BCUT2D eigenvalue weighted by Gasteiger charge is -2.25. The Morgan fingerprint density at radius 2 is 1.94 bits per heavy atom. The molecule has 176 valence electrons. The van der Waals surface area contributed by atoms with E-state index in [-0.39, 0.29) is 12.4 Å². The van der Waals surface area contributed by atoms with Crippen LogP contribution in [0.15, 0.2) is 48.5 Å². The van der Waals surface area contributed by atoms with Gasteiger partial charge in [0.1, 0.15) is 11.5 Å². The van der Waals surface area contributed by atoms with Crippen LogP contribution in [0, 0.1) is 11.6 Å². The molecule has 0 aliphatic heterocycles. The number of ether oxygens (including phenoxy) is 2. The molecule has 3 aromatic rings. The highest BCUT2D eigenvalue weighted by molar-refractivity contribution is 5.65. The lowest BCUT2D eigenvalue weighted by Crippen LogP contribution is -2.36. The summed E-state index contributed by atoms with van der Waals surface area (Å²) in [5.41, 5.74) is 2.41. The van der Waals surface area contributed by atoms with Crippen LogP contribution in [0.25, 0.3) is 11.3 Å². The minimum Gasteiger partial charge on any atom is -0.436 e. The Balaban J connectivity index is 1.69. The van der Waals surface area contributed by atoms with E-state index in [1.807, 2.05) is 37.3 Å². The molecule has 1 aliphatic rings. The third-order valence-corrected chi connectivity index (χ3v) is 5.62. The fraction of sp³-hybridized carbons (Fsp3) is 0.400. The summed E-state index contributed by atoms with van der Waals surface area (Å²) in [5, 5.41) is 15.1. The maximum absolute atomic E-state index is 14.4. The van der Waals surface area contributed by atoms with E-state index in [9.17, 15) is 13.9 Å². The van der Waals surface area contributed by atoms with Gasteiger partial charge in [-0.1, -0.05) is 30.3 Å². The molecule has 1 heterocycles. The average Bonchev–Trinajstić information content (AvgIpc) is 3.60. The van der Waals surface area contributed by atoms with Crippen molar-refractivity contribution < 1.29 is 23.4 Å². The van der Waals surface area contributed by atoms with Crippen LogP contribution in [-0.2, 0) is 18.3 Å². The summed E-state index contributed by atoms with van der Waals surface area (Å²) < 4.78 is 40.7. The quantitative estimate of drug-likeness (QED) is 0.459. The molecule has 0 saturated heterocycles. The van der Waals surface area contributed by atoms with Gasteiger partial charge in [-0.2, -0.15) is 5.10 Å². The van der Waals surface area contributed by atoms with Crippen LogP contribution in [0.3, 0.4) is 0 Å². The lowest BCUT2D eigenvalue weighted by molar-refractivity contribution is 0.0178. The number of aromatic nitrogens is 2. The molecular weight excluding hydrogens is 428 g/mol. The second-order valence-electron chi connectivity index (χ2n) is 8.27. The molecule has 0 spiro atoms. The Kier molecular flexibility index (Phi) is 7.37. The van der Waals surface area contributed by atoms with E-state index in [4.69, 9.17) is 9.47 Å². The highest BCUT2D eigenvalue weighted by Crippen LogP contribution is 2.37. The van der Waals surface area contributed by atoms with E-state index < -0.39 is 17.7 Å². The predicted octanol–water partition coefficient (Wildman–Crippen LogP) is 4.52. The van der Waals surface area contributed by atoms with Crippen LogP contribution in [0.2, 0.25) is 0 Å². The minimum absolute atomic E-state index is 0.0744. The van der Waals surface area contributed by atoms with Gasteiger partial charge in [-0.25, -0.2) is 13.5 Å². The summed E-state index contributed by atoms with van der Waals surface area (Å²) in [4.78, 5) is 2.20. The maximum atomic E-state index is 14.4. The van der Waals surface area contributed by atoms with Crippen molar-refractivity contribution in [3.05, 3.63) is 65.7 Å². The smallest absolute Gasteiger partial charge is 0.222 e. The normalized spacial score (nSPS) is 14.6. The van der Waals surface area contributed by atoms with Crippen molar-refractivity contribution >= 4 is 0 Å². The van der Waals surface area contributed by atoms with E-state index in [0.717, 1.165) is 41.8 Å². The van der Waals surface area contributed by atoms with Crippen molar-refractivity contribution in [2.45, 2.75) is 38.5 Å². The number of aryl methyl sites for hydroxylation is 1. The Bertz CT molecular complexity index is 1070. The first-order valence-corrected chi connectivity index (χ1v) is 11.2. The summed E-state index contributed by atoms with van der Waals surface area (Å²) in [6.45, 7) is 3.61. The summed E-state index contributed by atoms with van der Waals surface area (Å²) in [6.07, 6.45) is 1.47. The molecule has 1 atom stereocenters. The van der Waals surface area contributed by atoms with Crippen molar-refractivity contribution in [2.75, 3.05) is 19.8 Å². The zero-order valence-electron chi connectivity index (χ0n) is 18.9. The largest absolute Gasteiger partial charge is 0.436 e. The van der Waals surface area contributed by atoms with Gasteiger partial charge in [0.15, 0.2) is 11.6 Å². The molecular formula is C25H29F2N3O3. The van der Waals surface area contributed by atoms with Crippen molar-refractivity contribution in [3.8, 4) is 22.9 Å². The Morgan fingerprint density at radius 3 is 2.61 bits per heavy atom. The summed E-state index contributed by atoms with van der Waals surface area (Å²) >= 11 is 0. The molecule has 1 aliphatic carbocycles. The van der Waals surface area contributed by atoms with Crippen molar-refractivity contribution in [2.24, 2.45) is 7.05 Å². The molecule has 0 amide bonds. The predicted molar refractivity (Wildman–Crippen MR) is 121 cm³/mol. The Hall–Kier alpha value is -2.81. The first-order chi connectivity index (χ1) is 16.0. The van der Waals surface area contributed by atoms with Crippen LogP contribution >= 0.6 is 0 Å². The van der Waals surface area contributed by atoms with Crippen LogP contribution in [0.5, 0.6) is 11.6 Å². The molecule has 8 heteroatoms. The molecule has 1 aromatic heterocycles. The third kappa shape index (κ3) is 5.76.